The molecule has 0 saturated heterocycles. The van der Waals surface area contributed by atoms with Crippen LogP contribution in [0.5, 0.6) is 0 Å². The summed E-state index contributed by atoms with van der Waals surface area (Å²) in [7, 11) is 0. The number of nitrogens with zero attached hydrogens (tertiary/aromatic N) is 2. The Kier molecular flexibility index (Phi) is 2.31. The molecule has 0 bridgehead atoms. The van der Waals surface area contributed by atoms with Gasteiger partial charge in [0.1, 0.15) is 6.29 Å². The van der Waals surface area contributed by atoms with E-state index in [2.05, 4.69) is 16.5 Å². The van der Waals surface area contributed by atoms with Gasteiger partial charge < -0.3 is 4.57 Å². The maximum Gasteiger partial charge on any atom is 0.150 e. The van der Waals surface area contributed by atoms with Gasteiger partial charge in [-0.1, -0.05) is 6.92 Å². The standard InChI is InChI=1S/C11H12N2O/c1-2-5-13-8-12-10-4-3-9(7-14)6-11(10)13/h3-4,6-8H,2,5H2,1H3. The van der Waals surface area contributed by atoms with Crippen LogP contribution < -0.4 is 0 Å². The number of aryl methyl sites for hydroxylation is 1. The van der Waals surface area contributed by atoms with E-state index in [0.717, 1.165) is 30.3 Å². The Labute approximate surface area is 82.4 Å². The Morgan fingerprint density at radius 1 is 1.50 bits per heavy atom. The van der Waals surface area contributed by atoms with Gasteiger partial charge in [-0.05, 0) is 24.6 Å². The molecule has 3 heteroatoms. The molecule has 0 unspecified atom stereocenters. The molecule has 2 rings (SSSR count). The number of aromatic nitrogens is 2. The average molecular weight is 188 g/mol. The Bertz CT molecular complexity index is 459. The lowest BCUT2D eigenvalue weighted by atomic mass is 10.2. The summed E-state index contributed by atoms with van der Waals surface area (Å²) in [5.74, 6) is 0. The van der Waals surface area contributed by atoms with Crippen LogP contribution in [0.2, 0.25) is 0 Å². The second kappa shape index (κ2) is 3.62. The zero-order valence-corrected chi connectivity index (χ0v) is 8.10. The van der Waals surface area contributed by atoms with E-state index in [1.165, 1.54) is 0 Å². The molecular weight excluding hydrogens is 176 g/mol. The van der Waals surface area contributed by atoms with Crippen LogP contribution in [-0.4, -0.2) is 15.8 Å². The molecule has 0 radical (unpaired) electrons. The highest BCUT2D eigenvalue weighted by atomic mass is 16.1. The van der Waals surface area contributed by atoms with E-state index < -0.39 is 0 Å². The van der Waals surface area contributed by atoms with Gasteiger partial charge in [0.25, 0.3) is 0 Å². The van der Waals surface area contributed by atoms with Crippen LogP contribution >= 0.6 is 0 Å². The van der Waals surface area contributed by atoms with E-state index in [4.69, 9.17) is 0 Å². The fraction of sp³-hybridized carbons (Fsp3) is 0.273. The summed E-state index contributed by atoms with van der Waals surface area (Å²) < 4.78 is 2.07. The van der Waals surface area contributed by atoms with E-state index >= 15 is 0 Å². The second-order valence-electron chi connectivity index (χ2n) is 3.30. The molecule has 0 saturated carbocycles. The number of rotatable bonds is 3. The smallest absolute Gasteiger partial charge is 0.150 e. The number of hydrogen-bond acceptors (Lipinski definition) is 2. The predicted molar refractivity (Wildman–Crippen MR) is 55.4 cm³/mol. The summed E-state index contributed by atoms with van der Waals surface area (Å²) in [6, 6.07) is 5.55. The number of benzene rings is 1. The van der Waals surface area contributed by atoms with Gasteiger partial charge in [0, 0.05) is 12.1 Å². The third-order valence-electron chi connectivity index (χ3n) is 2.25. The van der Waals surface area contributed by atoms with Crippen molar-refractivity contribution in [3.8, 4) is 0 Å². The highest BCUT2D eigenvalue weighted by Crippen LogP contribution is 2.14. The maximum absolute atomic E-state index is 10.6. The van der Waals surface area contributed by atoms with Gasteiger partial charge in [-0.3, -0.25) is 4.79 Å². The third-order valence-corrected chi connectivity index (χ3v) is 2.25. The minimum atomic E-state index is 0.704. The third kappa shape index (κ3) is 1.41. The summed E-state index contributed by atoms with van der Waals surface area (Å²) in [5, 5.41) is 0. The van der Waals surface area contributed by atoms with Crippen molar-refractivity contribution in [2.75, 3.05) is 0 Å². The molecule has 0 aliphatic carbocycles. The van der Waals surface area contributed by atoms with Crippen molar-refractivity contribution >= 4 is 17.3 Å². The summed E-state index contributed by atoms with van der Waals surface area (Å²) in [6.45, 7) is 3.06. The number of hydrogen-bond donors (Lipinski definition) is 0. The highest BCUT2D eigenvalue weighted by molar-refractivity contribution is 5.84. The first-order valence-corrected chi connectivity index (χ1v) is 4.75. The van der Waals surface area contributed by atoms with Crippen molar-refractivity contribution in [2.45, 2.75) is 19.9 Å². The minimum Gasteiger partial charge on any atom is -0.331 e. The van der Waals surface area contributed by atoms with Crippen molar-refractivity contribution in [1.29, 1.82) is 0 Å². The predicted octanol–water partition coefficient (Wildman–Crippen LogP) is 2.26. The molecule has 0 spiro atoms. The van der Waals surface area contributed by atoms with Gasteiger partial charge in [0.15, 0.2) is 0 Å². The molecule has 0 aliphatic rings. The molecule has 0 aliphatic heterocycles. The van der Waals surface area contributed by atoms with E-state index in [1.807, 2.05) is 18.5 Å². The number of fused-ring (bicyclic) bond motifs is 1. The largest absolute Gasteiger partial charge is 0.331 e. The molecular formula is C11H12N2O. The van der Waals surface area contributed by atoms with Crippen LogP contribution in [0.4, 0.5) is 0 Å². The van der Waals surface area contributed by atoms with Gasteiger partial charge >= 0.3 is 0 Å². The summed E-state index contributed by atoms with van der Waals surface area (Å²) in [5.41, 5.74) is 2.69. The Morgan fingerprint density at radius 2 is 2.36 bits per heavy atom. The van der Waals surface area contributed by atoms with Gasteiger partial charge in [-0.15, -0.1) is 0 Å². The molecule has 2 aromatic rings. The molecule has 0 N–H and O–H groups in total. The molecule has 1 heterocycles. The van der Waals surface area contributed by atoms with Crippen LogP contribution in [0.3, 0.4) is 0 Å². The van der Waals surface area contributed by atoms with Crippen molar-refractivity contribution in [3.63, 3.8) is 0 Å². The average Bonchev–Trinajstić information content (AvgIpc) is 2.61. The zero-order chi connectivity index (χ0) is 9.97. The van der Waals surface area contributed by atoms with Crippen LogP contribution in [0.15, 0.2) is 24.5 Å². The van der Waals surface area contributed by atoms with Gasteiger partial charge in [-0.25, -0.2) is 4.98 Å². The lowest BCUT2D eigenvalue weighted by Crippen LogP contribution is -1.94. The molecule has 0 amide bonds. The number of aldehydes is 1. The maximum atomic E-state index is 10.6. The van der Waals surface area contributed by atoms with Crippen molar-refractivity contribution in [3.05, 3.63) is 30.1 Å². The first-order valence-electron chi connectivity index (χ1n) is 4.75. The Hall–Kier alpha value is -1.64. The fourth-order valence-corrected chi connectivity index (χ4v) is 1.57. The highest BCUT2D eigenvalue weighted by Gasteiger charge is 2.02. The Balaban J connectivity index is 2.57. The van der Waals surface area contributed by atoms with E-state index in [9.17, 15) is 4.79 Å². The number of imidazole rings is 1. The van der Waals surface area contributed by atoms with Crippen molar-refractivity contribution in [2.24, 2.45) is 0 Å². The summed E-state index contributed by atoms with van der Waals surface area (Å²) >= 11 is 0. The molecule has 14 heavy (non-hydrogen) atoms. The van der Waals surface area contributed by atoms with Gasteiger partial charge in [-0.2, -0.15) is 0 Å². The summed E-state index contributed by atoms with van der Waals surface area (Å²) in [6.07, 6.45) is 3.75. The zero-order valence-electron chi connectivity index (χ0n) is 8.10. The van der Waals surface area contributed by atoms with E-state index in [1.54, 1.807) is 6.07 Å². The number of carbonyl (C=O) groups is 1. The normalized spacial score (nSPS) is 10.6. The topological polar surface area (TPSA) is 34.9 Å². The summed E-state index contributed by atoms with van der Waals surface area (Å²) in [4.78, 5) is 14.9. The quantitative estimate of drug-likeness (QED) is 0.692. The molecule has 1 aromatic heterocycles. The molecule has 0 atom stereocenters. The van der Waals surface area contributed by atoms with Crippen LogP contribution in [0, 0.1) is 0 Å². The minimum absolute atomic E-state index is 0.704. The lowest BCUT2D eigenvalue weighted by molar-refractivity contribution is 0.112. The molecule has 0 fully saturated rings. The molecule has 72 valence electrons. The fourth-order valence-electron chi connectivity index (χ4n) is 1.57. The van der Waals surface area contributed by atoms with E-state index in [0.29, 0.717) is 5.56 Å². The van der Waals surface area contributed by atoms with E-state index in [-0.39, 0.29) is 0 Å². The molecule has 3 nitrogen and oxygen atoms in total. The second-order valence-corrected chi connectivity index (χ2v) is 3.30. The van der Waals surface area contributed by atoms with Crippen molar-refractivity contribution in [1.82, 2.24) is 9.55 Å². The Morgan fingerprint density at radius 3 is 3.07 bits per heavy atom. The van der Waals surface area contributed by atoms with Crippen LogP contribution in [0.1, 0.15) is 23.7 Å². The lowest BCUT2D eigenvalue weighted by Gasteiger charge is -2.00. The van der Waals surface area contributed by atoms with Gasteiger partial charge in [0.05, 0.1) is 17.4 Å². The van der Waals surface area contributed by atoms with Gasteiger partial charge in [0.2, 0.25) is 0 Å². The molecule has 1 aromatic carbocycles. The number of carbonyl (C=O) groups excluding carboxylic acids is 1. The van der Waals surface area contributed by atoms with Crippen LogP contribution in [0.25, 0.3) is 11.0 Å². The van der Waals surface area contributed by atoms with Crippen LogP contribution in [-0.2, 0) is 6.54 Å². The monoisotopic (exact) mass is 188 g/mol. The first kappa shape index (κ1) is 8.94. The first-order chi connectivity index (χ1) is 6.85. The van der Waals surface area contributed by atoms with Crippen molar-refractivity contribution < 1.29 is 4.79 Å². The SMILES string of the molecule is CCCn1cnc2ccc(C=O)cc21.